The first kappa shape index (κ1) is 20.8. The summed E-state index contributed by atoms with van der Waals surface area (Å²) in [5.74, 6) is -1.88. The van der Waals surface area contributed by atoms with Crippen molar-refractivity contribution in [2.45, 2.75) is 13.8 Å². The van der Waals surface area contributed by atoms with E-state index in [1.807, 2.05) is 0 Å². The summed E-state index contributed by atoms with van der Waals surface area (Å²) in [6.45, 7) is 4.13. The molecule has 2 bridgehead atoms. The van der Waals surface area contributed by atoms with Gasteiger partial charge in [0.15, 0.2) is 0 Å². The SMILES string of the molecule is Cc1ccc(C(=C2[C@H]3C=C[C@H]2[C@@H]2C(=O)N(c4ccc(F)cc4)C(=O)[C@H]23)c2ccc(C)cc2)cc1. The summed E-state index contributed by atoms with van der Waals surface area (Å²) in [5, 5.41) is 0. The van der Waals surface area contributed by atoms with Crippen LogP contribution in [-0.4, -0.2) is 11.8 Å². The van der Waals surface area contributed by atoms with Crippen molar-refractivity contribution in [1.82, 2.24) is 0 Å². The molecular weight excluding hydrogens is 425 g/mol. The molecule has 0 unspecified atom stereocenters. The molecule has 1 aliphatic heterocycles. The molecule has 0 aromatic heterocycles. The highest BCUT2D eigenvalue weighted by atomic mass is 19.1. The van der Waals surface area contributed by atoms with Crippen molar-refractivity contribution < 1.29 is 14.0 Å². The van der Waals surface area contributed by atoms with Gasteiger partial charge in [-0.1, -0.05) is 71.8 Å². The van der Waals surface area contributed by atoms with Gasteiger partial charge >= 0.3 is 0 Å². The zero-order valence-electron chi connectivity index (χ0n) is 19.0. The Morgan fingerprint density at radius 3 is 1.56 bits per heavy atom. The van der Waals surface area contributed by atoms with Crippen LogP contribution in [0.4, 0.5) is 10.1 Å². The summed E-state index contributed by atoms with van der Waals surface area (Å²) < 4.78 is 13.4. The highest BCUT2D eigenvalue weighted by Gasteiger charge is 2.62. The van der Waals surface area contributed by atoms with Gasteiger partial charge in [0.05, 0.1) is 17.5 Å². The standard InChI is InChI=1S/C30H24FNO2/c1-17-3-7-19(8-4-17)25(20-9-5-18(2)6-10-20)26-23-15-16-24(26)28-27(23)29(33)32(30(28)34)22-13-11-21(31)12-14-22/h3-16,23-24,27-28H,1-2H3/t23-,24-,27+,28+/m1/s1. The van der Waals surface area contributed by atoms with Gasteiger partial charge in [-0.05, 0) is 60.4 Å². The molecule has 4 heteroatoms. The third-order valence-corrected chi connectivity index (χ3v) is 7.47. The highest BCUT2D eigenvalue weighted by Crippen LogP contribution is 2.58. The molecule has 3 aromatic rings. The molecule has 168 valence electrons. The Kier molecular flexibility index (Phi) is 4.66. The monoisotopic (exact) mass is 449 g/mol. The number of rotatable bonds is 3. The van der Waals surface area contributed by atoms with Crippen LogP contribution < -0.4 is 4.90 Å². The summed E-state index contributed by atoms with van der Waals surface area (Å²) in [6, 6.07) is 22.5. The number of aryl methyl sites for hydroxylation is 2. The van der Waals surface area contributed by atoms with Gasteiger partial charge in [-0.25, -0.2) is 9.29 Å². The number of benzene rings is 3. The van der Waals surface area contributed by atoms with E-state index < -0.39 is 17.7 Å². The number of hydrogen-bond donors (Lipinski definition) is 0. The van der Waals surface area contributed by atoms with E-state index in [9.17, 15) is 14.0 Å². The first-order valence-corrected chi connectivity index (χ1v) is 11.6. The van der Waals surface area contributed by atoms with Crippen LogP contribution >= 0.6 is 0 Å². The van der Waals surface area contributed by atoms with E-state index in [1.165, 1.54) is 40.3 Å². The topological polar surface area (TPSA) is 37.4 Å². The van der Waals surface area contributed by atoms with Crippen LogP contribution in [0.15, 0.2) is 90.5 Å². The van der Waals surface area contributed by atoms with Crippen LogP contribution in [0.3, 0.4) is 0 Å². The maximum absolute atomic E-state index is 13.6. The van der Waals surface area contributed by atoms with Gasteiger partial charge in [0.2, 0.25) is 11.8 Å². The highest BCUT2D eigenvalue weighted by molar-refractivity contribution is 6.23. The molecule has 34 heavy (non-hydrogen) atoms. The lowest BCUT2D eigenvalue weighted by Gasteiger charge is -2.22. The van der Waals surface area contributed by atoms with Crippen molar-refractivity contribution in [2.24, 2.45) is 23.7 Å². The average Bonchev–Trinajstić information content (AvgIpc) is 3.47. The van der Waals surface area contributed by atoms with E-state index in [-0.39, 0.29) is 23.7 Å². The molecule has 0 radical (unpaired) electrons. The number of hydrogen-bond acceptors (Lipinski definition) is 2. The van der Waals surface area contributed by atoms with E-state index in [4.69, 9.17) is 0 Å². The Hall–Kier alpha value is -3.79. The number of fused-ring (bicyclic) bond motifs is 5. The minimum atomic E-state index is -0.423. The van der Waals surface area contributed by atoms with E-state index in [2.05, 4.69) is 74.5 Å². The van der Waals surface area contributed by atoms with Crippen LogP contribution in [0.25, 0.3) is 5.57 Å². The number of imide groups is 1. The van der Waals surface area contributed by atoms with E-state index >= 15 is 0 Å². The first-order chi connectivity index (χ1) is 16.4. The average molecular weight is 450 g/mol. The second kappa shape index (κ2) is 7.63. The normalized spacial score (nSPS) is 24.8. The Bertz CT molecular complexity index is 1290. The second-order valence-corrected chi connectivity index (χ2v) is 9.54. The minimum Gasteiger partial charge on any atom is -0.274 e. The summed E-state index contributed by atoms with van der Waals surface area (Å²) in [4.78, 5) is 28.4. The lowest BCUT2D eigenvalue weighted by molar-refractivity contribution is -0.122. The molecular formula is C30H24FNO2. The molecule has 2 fully saturated rings. The van der Waals surface area contributed by atoms with Gasteiger partial charge in [0.1, 0.15) is 5.82 Å². The molecule has 0 spiro atoms. The van der Waals surface area contributed by atoms with Crippen molar-refractivity contribution in [3.05, 3.63) is 119 Å². The summed E-state index contributed by atoms with van der Waals surface area (Å²) in [6.07, 6.45) is 4.20. The molecule has 3 aromatic carbocycles. The molecule has 3 aliphatic rings. The molecule has 2 aliphatic carbocycles. The Morgan fingerprint density at radius 2 is 1.12 bits per heavy atom. The van der Waals surface area contributed by atoms with Crippen molar-refractivity contribution in [1.29, 1.82) is 0 Å². The molecule has 3 nitrogen and oxygen atoms in total. The summed E-state index contributed by atoms with van der Waals surface area (Å²) >= 11 is 0. The number of carbonyl (C=O) groups excluding carboxylic acids is 2. The molecule has 0 N–H and O–H groups in total. The van der Waals surface area contributed by atoms with Gasteiger partial charge in [0.25, 0.3) is 0 Å². The summed E-state index contributed by atoms with van der Waals surface area (Å²) in [7, 11) is 0. The molecule has 1 heterocycles. The maximum Gasteiger partial charge on any atom is 0.238 e. The predicted octanol–water partition coefficient (Wildman–Crippen LogP) is 5.87. The fourth-order valence-corrected chi connectivity index (χ4v) is 5.88. The fourth-order valence-electron chi connectivity index (χ4n) is 5.88. The smallest absolute Gasteiger partial charge is 0.238 e. The Labute approximate surface area is 198 Å². The fraction of sp³-hybridized carbons (Fsp3) is 0.200. The largest absolute Gasteiger partial charge is 0.274 e. The van der Waals surface area contributed by atoms with Crippen molar-refractivity contribution >= 4 is 23.1 Å². The lowest BCUT2D eigenvalue weighted by atomic mass is 9.85. The van der Waals surface area contributed by atoms with Crippen LogP contribution in [0.5, 0.6) is 0 Å². The maximum atomic E-state index is 13.6. The molecule has 1 saturated carbocycles. The second-order valence-electron chi connectivity index (χ2n) is 9.54. The molecule has 1 saturated heterocycles. The van der Waals surface area contributed by atoms with Gasteiger partial charge in [0, 0.05) is 11.8 Å². The van der Waals surface area contributed by atoms with Gasteiger partial charge in [-0.2, -0.15) is 0 Å². The van der Waals surface area contributed by atoms with Crippen molar-refractivity contribution in [2.75, 3.05) is 4.90 Å². The molecule has 6 rings (SSSR count). The number of carbonyl (C=O) groups is 2. The van der Waals surface area contributed by atoms with Crippen LogP contribution in [-0.2, 0) is 9.59 Å². The molecule has 4 atom stereocenters. The van der Waals surface area contributed by atoms with Crippen molar-refractivity contribution in [3.8, 4) is 0 Å². The van der Waals surface area contributed by atoms with Crippen LogP contribution in [0, 0.1) is 43.3 Å². The number of anilines is 1. The van der Waals surface area contributed by atoms with Crippen LogP contribution in [0.2, 0.25) is 0 Å². The first-order valence-electron chi connectivity index (χ1n) is 11.6. The third kappa shape index (κ3) is 3.02. The number of allylic oxidation sites excluding steroid dienone is 3. The zero-order valence-corrected chi connectivity index (χ0v) is 19.0. The Balaban J connectivity index is 1.48. The third-order valence-electron chi connectivity index (χ3n) is 7.47. The van der Waals surface area contributed by atoms with Gasteiger partial charge in [-0.15, -0.1) is 0 Å². The predicted molar refractivity (Wildman–Crippen MR) is 130 cm³/mol. The van der Waals surface area contributed by atoms with Gasteiger partial charge < -0.3 is 0 Å². The number of amides is 2. The van der Waals surface area contributed by atoms with Gasteiger partial charge in [-0.3, -0.25) is 9.59 Å². The Morgan fingerprint density at radius 1 is 0.676 bits per heavy atom. The van der Waals surface area contributed by atoms with E-state index in [0.717, 1.165) is 22.3 Å². The minimum absolute atomic E-state index is 0.130. The van der Waals surface area contributed by atoms with E-state index in [0.29, 0.717) is 5.69 Å². The number of halogens is 1. The number of nitrogens with zero attached hydrogens (tertiary/aromatic N) is 1. The lowest BCUT2D eigenvalue weighted by Crippen LogP contribution is -2.33. The molecule has 2 amide bonds. The quantitative estimate of drug-likeness (QED) is 0.371. The van der Waals surface area contributed by atoms with Crippen LogP contribution in [0.1, 0.15) is 22.3 Å². The van der Waals surface area contributed by atoms with E-state index in [1.54, 1.807) is 0 Å². The summed E-state index contributed by atoms with van der Waals surface area (Å²) in [5.41, 5.74) is 7.26. The van der Waals surface area contributed by atoms with Crippen molar-refractivity contribution in [3.63, 3.8) is 0 Å². The zero-order chi connectivity index (χ0) is 23.6.